The Morgan fingerprint density at radius 2 is 2.00 bits per heavy atom. The second-order valence-corrected chi connectivity index (χ2v) is 7.86. The predicted molar refractivity (Wildman–Crippen MR) is 109 cm³/mol. The highest BCUT2D eigenvalue weighted by molar-refractivity contribution is 5.80. The van der Waals surface area contributed by atoms with Crippen molar-refractivity contribution in [1.82, 2.24) is 15.5 Å². The summed E-state index contributed by atoms with van der Waals surface area (Å²) in [5, 5.41) is 16.4. The van der Waals surface area contributed by atoms with E-state index in [4.69, 9.17) is 9.47 Å². The number of amides is 1. The highest BCUT2D eigenvalue weighted by Gasteiger charge is 2.34. The molecule has 9 heteroatoms. The Hall–Kier alpha value is -2.55. The number of guanidine groups is 1. The summed E-state index contributed by atoms with van der Waals surface area (Å²) in [7, 11) is 0. The minimum atomic E-state index is -0.810. The summed E-state index contributed by atoms with van der Waals surface area (Å²) in [4.78, 5) is 18.0. The number of nitrogens with one attached hydrogen (secondary N) is 2. The largest absolute Gasteiger partial charge is 0.491 e. The third kappa shape index (κ3) is 8.15. The van der Waals surface area contributed by atoms with E-state index in [9.17, 15) is 14.3 Å². The SMILES string of the molecule is CCNC(=NCC(O)COc1ccc(F)cc1)NC1CN(C(=O)OC(C)(C)C)C1. The number of carbonyl (C=O) groups is 1. The van der Waals surface area contributed by atoms with Crippen LogP contribution in [-0.2, 0) is 4.74 Å². The number of nitrogens with zero attached hydrogens (tertiary/aromatic N) is 2. The van der Waals surface area contributed by atoms with E-state index in [0.717, 1.165) is 0 Å². The molecule has 1 atom stereocenters. The first-order valence-corrected chi connectivity index (χ1v) is 9.75. The van der Waals surface area contributed by atoms with Gasteiger partial charge in [-0.05, 0) is 52.0 Å². The lowest BCUT2D eigenvalue weighted by atomic mass is 10.1. The first-order chi connectivity index (χ1) is 13.7. The Kier molecular flexibility index (Phi) is 8.07. The number of aliphatic hydroxyl groups excluding tert-OH is 1. The Labute approximate surface area is 171 Å². The van der Waals surface area contributed by atoms with Crippen LogP contribution in [0.2, 0.25) is 0 Å². The molecule has 0 saturated carbocycles. The van der Waals surface area contributed by atoms with Gasteiger partial charge in [0.25, 0.3) is 0 Å². The van der Waals surface area contributed by atoms with Crippen molar-refractivity contribution in [3.05, 3.63) is 30.1 Å². The zero-order valence-electron chi connectivity index (χ0n) is 17.4. The molecule has 0 bridgehead atoms. The molecule has 1 aromatic carbocycles. The van der Waals surface area contributed by atoms with Crippen molar-refractivity contribution in [3.63, 3.8) is 0 Å². The van der Waals surface area contributed by atoms with Crippen molar-refractivity contribution in [2.24, 2.45) is 4.99 Å². The van der Waals surface area contributed by atoms with E-state index in [-0.39, 0.29) is 31.1 Å². The topological polar surface area (TPSA) is 95.4 Å². The van der Waals surface area contributed by atoms with Crippen LogP contribution in [0.5, 0.6) is 5.75 Å². The number of aliphatic imine (C=N–C) groups is 1. The normalized spacial score (nSPS) is 16.1. The van der Waals surface area contributed by atoms with Gasteiger partial charge >= 0.3 is 6.09 Å². The van der Waals surface area contributed by atoms with E-state index in [1.807, 2.05) is 27.7 Å². The number of likely N-dealkylation sites (tertiary alicyclic amines) is 1. The first kappa shape index (κ1) is 22.7. The highest BCUT2D eigenvalue weighted by Crippen LogP contribution is 2.15. The van der Waals surface area contributed by atoms with Gasteiger partial charge in [-0.2, -0.15) is 0 Å². The monoisotopic (exact) mass is 410 g/mol. The molecular weight excluding hydrogens is 379 g/mol. The molecule has 1 aromatic rings. The van der Waals surface area contributed by atoms with Crippen LogP contribution in [-0.4, -0.2) is 72.6 Å². The minimum Gasteiger partial charge on any atom is -0.491 e. The molecular formula is C20H31FN4O4. The van der Waals surface area contributed by atoms with Crippen molar-refractivity contribution in [2.45, 2.75) is 45.4 Å². The molecule has 162 valence electrons. The van der Waals surface area contributed by atoms with Gasteiger partial charge < -0.3 is 30.1 Å². The van der Waals surface area contributed by atoms with Crippen LogP contribution in [0.3, 0.4) is 0 Å². The summed E-state index contributed by atoms with van der Waals surface area (Å²) >= 11 is 0. The number of ether oxygens (including phenoxy) is 2. The minimum absolute atomic E-state index is 0.0460. The number of carbonyl (C=O) groups excluding carboxylic acids is 1. The molecule has 1 heterocycles. The van der Waals surface area contributed by atoms with E-state index in [1.54, 1.807) is 4.90 Å². The third-order valence-electron chi connectivity index (χ3n) is 3.93. The van der Waals surface area contributed by atoms with Crippen LogP contribution >= 0.6 is 0 Å². The molecule has 1 unspecified atom stereocenters. The van der Waals surface area contributed by atoms with Gasteiger partial charge in [0, 0.05) is 19.6 Å². The van der Waals surface area contributed by atoms with Gasteiger partial charge in [-0.1, -0.05) is 0 Å². The van der Waals surface area contributed by atoms with Gasteiger partial charge in [0.1, 0.15) is 29.9 Å². The Bertz CT molecular complexity index is 685. The molecule has 0 aromatic heterocycles. The number of halogens is 1. The zero-order valence-corrected chi connectivity index (χ0v) is 17.4. The first-order valence-electron chi connectivity index (χ1n) is 9.75. The summed E-state index contributed by atoms with van der Waals surface area (Å²) < 4.78 is 23.6. The molecule has 8 nitrogen and oxygen atoms in total. The molecule has 1 aliphatic heterocycles. The second-order valence-electron chi connectivity index (χ2n) is 7.86. The van der Waals surface area contributed by atoms with Crippen molar-refractivity contribution in [2.75, 3.05) is 32.8 Å². The standard InChI is InChI=1S/C20H31FN4O4/c1-5-22-18(24-15-11-25(12-15)19(27)29-20(2,3)4)23-10-16(26)13-28-17-8-6-14(21)7-9-17/h6-9,15-16,26H,5,10-13H2,1-4H3,(H2,22,23,24). The lowest BCUT2D eigenvalue weighted by Crippen LogP contribution is -2.63. The Balaban J connectivity index is 1.75. The van der Waals surface area contributed by atoms with Crippen LogP contribution in [0, 0.1) is 5.82 Å². The van der Waals surface area contributed by atoms with Crippen LogP contribution in [0.15, 0.2) is 29.3 Å². The van der Waals surface area contributed by atoms with Crippen molar-refractivity contribution in [3.8, 4) is 5.75 Å². The number of benzene rings is 1. The van der Waals surface area contributed by atoms with Crippen LogP contribution in [0.25, 0.3) is 0 Å². The number of rotatable bonds is 7. The molecule has 0 aliphatic carbocycles. The summed E-state index contributed by atoms with van der Waals surface area (Å²) in [5.74, 6) is 0.698. The second kappa shape index (κ2) is 10.3. The smallest absolute Gasteiger partial charge is 0.410 e. The maximum absolute atomic E-state index is 12.9. The fourth-order valence-electron chi connectivity index (χ4n) is 2.53. The summed E-state index contributed by atoms with van der Waals surface area (Å²) in [6.45, 7) is 9.34. The maximum atomic E-state index is 12.9. The number of hydrogen-bond donors (Lipinski definition) is 3. The fraction of sp³-hybridized carbons (Fsp3) is 0.600. The van der Waals surface area contributed by atoms with Crippen molar-refractivity contribution >= 4 is 12.1 Å². The summed E-state index contributed by atoms with van der Waals surface area (Å²) in [5.41, 5.74) is -0.516. The number of aliphatic hydroxyl groups is 1. The molecule has 1 fully saturated rings. The van der Waals surface area contributed by atoms with Crippen LogP contribution in [0.1, 0.15) is 27.7 Å². The molecule has 29 heavy (non-hydrogen) atoms. The zero-order chi connectivity index (χ0) is 21.4. The average Bonchev–Trinajstić information content (AvgIpc) is 2.60. The maximum Gasteiger partial charge on any atom is 0.410 e. The molecule has 3 N–H and O–H groups in total. The molecule has 1 aliphatic rings. The highest BCUT2D eigenvalue weighted by atomic mass is 19.1. The van der Waals surface area contributed by atoms with Crippen molar-refractivity contribution in [1.29, 1.82) is 0 Å². The molecule has 2 rings (SSSR count). The molecule has 0 spiro atoms. The van der Waals surface area contributed by atoms with E-state index in [1.165, 1.54) is 24.3 Å². The predicted octanol–water partition coefficient (Wildman–Crippen LogP) is 1.74. The van der Waals surface area contributed by atoms with Crippen LogP contribution < -0.4 is 15.4 Å². The van der Waals surface area contributed by atoms with E-state index < -0.39 is 11.7 Å². The Morgan fingerprint density at radius 1 is 1.34 bits per heavy atom. The van der Waals surface area contributed by atoms with Crippen molar-refractivity contribution < 1.29 is 23.8 Å². The average molecular weight is 410 g/mol. The van der Waals surface area contributed by atoms with Gasteiger partial charge in [-0.15, -0.1) is 0 Å². The summed E-state index contributed by atoms with van der Waals surface area (Å²) in [6.07, 6.45) is -1.14. The quantitative estimate of drug-likeness (QED) is 0.468. The van der Waals surface area contributed by atoms with Gasteiger partial charge in [-0.25, -0.2) is 9.18 Å². The lowest BCUT2D eigenvalue weighted by Gasteiger charge is -2.40. The third-order valence-corrected chi connectivity index (χ3v) is 3.93. The van der Waals surface area contributed by atoms with E-state index >= 15 is 0 Å². The van der Waals surface area contributed by atoms with Gasteiger partial charge in [0.2, 0.25) is 0 Å². The van der Waals surface area contributed by atoms with E-state index in [2.05, 4.69) is 15.6 Å². The molecule has 1 saturated heterocycles. The molecule has 1 amide bonds. The van der Waals surface area contributed by atoms with Gasteiger partial charge in [0.15, 0.2) is 5.96 Å². The van der Waals surface area contributed by atoms with Crippen LogP contribution in [0.4, 0.5) is 9.18 Å². The molecule has 0 radical (unpaired) electrons. The summed E-state index contributed by atoms with van der Waals surface area (Å²) in [6, 6.07) is 5.67. The van der Waals surface area contributed by atoms with Gasteiger partial charge in [-0.3, -0.25) is 4.99 Å². The number of hydrogen-bond acceptors (Lipinski definition) is 5. The van der Waals surface area contributed by atoms with E-state index in [0.29, 0.717) is 31.3 Å². The van der Waals surface area contributed by atoms with Gasteiger partial charge in [0.05, 0.1) is 12.6 Å². The lowest BCUT2D eigenvalue weighted by molar-refractivity contribution is 0.00700. The Morgan fingerprint density at radius 3 is 2.59 bits per heavy atom. The fourth-order valence-corrected chi connectivity index (χ4v) is 2.53.